The van der Waals surface area contributed by atoms with Gasteiger partial charge in [0.05, 0.1) is 0 Å². The first-order valence-corrected chi connectivity index (χ1v) is 4.13. The summed E-state index contributed by atoms with van der Waals surface area (Å²) in [6.07, 6.45) is 5.26. The van der Waals surface area contributed by atoms with E-state index in [1.54, 1.807) is 0 Å². The van der Waals surface area contributed by atoms with Crippen LogP contribution in [0.25, 0.3) is 0 Å². The SMILES string of the molecule is C=CC(=O)C[C@H]1CC[C@@H](N)C1. The minimum atomic E-state index is 0.157. The van der Waals surface area contributed by atoms with E-state index in [4.69, 9.17) is 5.73 Å². The van der Waals surface area contributed by atoms with E-state index >= 15 is 0 Å². The van der Waals surface area contributed by atoms with Gasteiger partial charge < -0.3 is 5.73 Å². The third-order valence-electron chi connectivity index (χ3n) is 2.30. The summed E-state index contributed by atoms with van der Waals surface area (Å²) in [7, 11) is 0. The van der Waals surface area contributed by atoms with Crippen molar-refractivity contribution in [2.75, 3.05) is 0 Å². The van der Waals surface area contributed by atoms with Gasteiger partial charge in [-0.3, -0.25) is 4.79 Å². The van der Waals surface area contributed by atoms with E-state index in [1.807, 2.05) is 0 Å². The second-order valence-electron chi connectivity index (χ2n) is 3.31. The van der Waals surface area contributed by atoms with Crippen molar-refractivity contribution in [3.8, 4) is 0 Å². The van der Waals surface area contributed by atoms with Gasteiger partial charge in [-0.05, 0) is 31.3 Å². The largest absolute Gasteiger partial charge is 0.328 e. The molecule has 0 spiro atoms. The van der Waals surface area contributed by atoms with E-state index in [0.29, 0.717) is 18.4 Å². The molecule has 1 fully saturated rings. The molecular weight excluding hydrogens is 138 g/mol. The average Bonchev–Trinajstić information content (AvgIpc) is 2.35. The minimum absolute atomic E-state index is 0.157. The Hall–Kier alpha value is -0.630. The Labute approximate surface area is 67.5 Å². The quantitative estimate of drug-likeness (QED) is 0.620. The maximum Gasteiger partial charge on any atom is 0.155 e. The van der Waals surface area contributed by atoms with Crippen LogP contribution in [0.3, 0.4) is 0 Å². The molecule has 0 bridgehead atoms. The van der Waals surface area contributed by atoms with Crippen LogP contribution in [0, 0.1) is 5.92 Å². The first-order chi connectivity index (χ1) is 5.22. The van der Waals surface area contributed by atoms with Gasteiger partial charge in [0, 0.05) is 12.5 Å². The third-order valence-corrected chi connectivity index (χ3v) is 2.30. The molecule has 0 heterocycles. The monoisotopic (exact) mass is 153 g/mol. The van der Waals surface area contributed by atoms with Crippen molar-refractivity contribution < 1.29 is 4.79 Å². The number of allylic oxidation sites excluding steroid dienone is 1. The predicted octanol–water partition coefficient (Wildman–Crippen LogP) is 1.26. The van der Waals surface area contributed by atoms with Crippen molar-refractivity contribution in [3.63, 3.8) is 0 Å². The smallest absolute Gasteiger partial charge is 0.155 e. The van der Waals surface area contributed by atoms with Crippen LogP contribution in [0.5, 0.6) is 0 Å². The molecular formula is C9H15NO. The molecule has 2 nitrogen and oxygen atoms in total. The predicted molar refractivity (Wildman–Crippen MR) is 45.1 cm³/mol. The third kappa shape index (κ3) is 2.46. The standard InChI is InChI=1S/C9H15NO/c1-2-9(11)6-7-3-4-8(10)5-7/h2,7-8H,1,3-6,10H2/t7-,8+/m0/s1. The molecule has 1 rings (SSSR count). The lowest BCUT2D eigenvalue weighted by Crippen LogP contribution is -2.15. The van der Waals surface area contributed by atoms with Crippen LogP contribution in [0.4, 0.5) is 0 Å². The fraction of sp³-hybridized carbons (Fsp3) is 0.667. The van der Waals surface area contributed by atoms with Crippen LogP contribution >= 0.6 is 0 Å². The molecule has 1 saturated carbocycles. The van der Waals surface area contributed by atoms with Crippen LogP contribution in [0.15, 0.2) is 12.7 Å². The molecule has 2 N–H and O–H groups in total. The van der Waals surface area contributed by atoms with Gasteiger partial charge >= 0.3 is 0 Å². The van der Waals surface area contributed by atoms with E-state index in [0.717, 1.165) is 19.3 Å². The molecule has 1 aliphatic rings. The molecule has 2 heteroatoms. The van der Waals surface area contributed by atoms with Gasteiger partial charge in [0.25, 0.3) is 0 Å². The number of carbonyl (C=O) groups is 1. The minimum Gasteiger partial charge on any atom is -0.328 e. The highest BCUT2D eigenvalue weighted by molar-refractivity contribution is 5.89. The summed E-state index contributed by atoms with van der Waals surface area (Å²) in [5.74, 6) is 0.680. The van der Waals surface area contributed by atoms with Crippen molar-refractivity contribution in [2.45, 2.75) is 31.7 Å². The van der Waals surface area contributed by atoms with Gasteiger partial charge in [-0.2, -0.15) is 0 Å². The molecule has 0 aromatic carbocycles. The Morgan fingerprint density at radius 3 is 2.82 bits per heavy atom. The number of hydrogen-bond donors (Lipinski definition) is 1. The summed E-state index contributed by atoms with van der Waals surface area (Å²) >= 11 is 0. The highest BCUT2D eigenvalue weighted by Gasteiger charge is 2.22. The zero-order valence-electron chi connectivity index (χ0n) is 6.75. The summed E-state index contributed by atoms with van der Waals surface area (Å²) in [5.41, 5.74) is 5.71. The Balaban J connectivity index is 2.28. The van der Waals surface area contributed by atoms with Crippen LogP contribution in [-0.4, -0.2) is 11.8 Å². The van der Waals surface area contributed by atoms with Gasteiger partial charge in [0.1, 0.15) is 0 Å². The van der Waals surface area contributed by atoms with Crippen LogP contribution in [0.1, 0.15) is 25.7 Å². The Morgan fingerprint density at radius 2 is 2.36 bits per heavy atom. The summed E-state index contributed by atoms with van der Waals surface area (Å²) in [4.78, 5) is 10.9. The van der Waals surface area contributed by atoms with Crippen LogP contribution < -0.4 is 5.73 Å². The summed E-state index contributed by atoms with van der Waals surface area (Å²) in [5, 5.41) is 0. The van der Waals surface area contributed by atoms with Crippen molar-refractivity contribution in [2.24, 2.45) is 11.7 Å². The second kappa shape index (κ2) is 3.67. The maximum atomic E-state index is 10.9. The van der Waals surface area contributed by atoms with Gasteiger partial charge in [-0.25, -0.2) is 0 Å². The molecule has 0 saturated heterocycles. The number of nitrogens with two attached hydrogens (primary N) is 1. The van der Waals surface area contributed by atoms with Crippen molar-refractivity contribution in [1.82, 2.24) is 0 Å². The maximum absolute atomic E-state index is 10.9. The number of ketones is 1. The highest BCUT2D eigenvalue weighted by atomic mass is 16.1. The van der Waals surface area contributed by atoms with E-state index < -0.39 is 0 Å². The Kier molecular flexibility index (Phi) is 2.83. The van der Waals surface area contributed by atoms with E-state index in [2.05, 4.69) is 6.58 Å². The molecule has 2 atom stereocenters. The Bertz CT molecular complexity index is 165. The van der Waals surface area contributed by atoms with Crippen LogP contribution in [-0.2, 0) is 4.79 Å². The second-order valence-corrected chi connectivity index (χ2v) is 3.31. The van der Waals surface area contributed by atoms with Gasteiger partial charge in [0.15, 0.2) is 5.78 Å². The molecule has 0 unspecified atom stereocenters. The molecule has 0 aromatic heterocycles. The molecule has 11 heavy (non-hydrogen) atoms. The average molecular weight is 153 g/mol. The highest BCUT2D eigenvalue weighted by Crippen LogP contribution is 2.26. The van der Waals surface area contributed by atoms with Gasteiger partial charge in [-0.15, -0.1) is 0 Å². The lowest BCUT2D eigenvalue weighted by molar-refractivity contribution is -0.115. The Morgan fingerprint density at radius 1 is 1.64 bits per heavy atom. The zero-order chi connectivity index (χ0) is 8.27. The molecule has 0 radical (unpaired) electrons. The number of rotatable bonds is 3. The van der Waals surface area contributed by atoms with Gasteiger partial charge in [0.2, 0.25) is 0 Å². The van der Waals surface area contributed by atoms with Crippen molar-refractivity contribution >= 4 is 5.78 Å². The molecule has 1 aliphatic carbocycles. The first-order valence-electron chi connectivity index (χ1n) is 4.13. The van der Waals surface area contributed by atoms with E-state index in [1.165, 1.54) is 6.08 Å². The van der Waals surface area contributed by atoms with E-state index in [9.17, 15) is 4.79 Å². The molecule has 0 aromatic rings. The summed E-state index contributed by atoms with van der Waals surface area (Å²) < 4.78 is 0. The lowest BCUT2D eigenvalue weighted by Gasteiger charge is -2.04. The summed E-state index contributed by atoms with van der Waals surface area (Å²) in [6, 6.07) is 0.331. The normalized spacial score (nSPS) is 30.3. The topological polar surface area (TPSA) is 43.1 Å². The van der Waals surface area contributed by atoms with E-state index in [-0.39, 0.29) is 5.78 Å². The zero-order valence-corrected chi connectivity index (χ0v) is 6.75. The van der Waals surface area contributed by atoms with Crippen molar-refractivity contribution in [1.29, 1.82) is 0 Å². The molecule has 62 valence electrons. The molecule has 0 amide bonds. The number of hydrogen-bond acceptors (Lipinski definition) is 2. The fourth-order valence-corrected chi connectivity index (χ4v) is 1.67. The lowest BCUT2D eigenvalue weighted by atomic mass is 10.0. The number of carbonyl (C=O) groups excluding carboxylic acids is 1. The van der Waals surface area contributed by atoms with Gasteiger partial charge in [-0.1, -0.05) is 6.58 Å². The van der Waals surface area contributed by atoms with Crippen molar-refractivity contribution in [3.05, 3.63) is 12.7 Å². The first kappa shape index (κ1) is 8.47. The fourth-order valence-electron chi connectivity index (χ4n) is 1.67. The van der Waals surface area contributed by atoms with Crippen LogP contribution in [0.2, 0.25) is 0 Å². The molecule has 0 aliphatic heterocycles. The summed E-state index contributed by atoms with van der Waals surface area (Å²) in [6.45, 7) is 3.44.